The molecule has 6 heteroatoms. The summed E-state index contributed by atoms with van der Waals surface area (Å²) in [6, 6.07) is 12.3. The molecule has 0 saturated carbocycles. The summed E-state index contributed by atoms with van der Waals surface area (Å²) in [6.45, 7) is 2.11. The first kappa shape index (κ1) is 17.0. The predicted octanol–water partition coefficient (Wildman–Crippen LogP) is 3.87. The van der Waals surface area contributed by atoms with Crippen LogP contribution < -0.4 is 5.32 Å². The number of hydrogen-bond donors (Lipinski definition) is 1. The Kier molecular flexibility index (Phi) is 4.31. The molecule has 0 atom stereocenters. The zero-order chi connectivity index (χ0) is 18.9. The number of hydrogen-bond acceptors (Lipinski definition) is 3. The number of carbonyl (C=O) groups is 1. The van der Waals surface area contributed by atoms with Crippen LogP contribution in [0.4, 0.5) is 10.5 Å². The van der Waals surface area contributed by atoms with E-state index in [1.807, 2.05) is 27.8 Å². The molecule has 0 fully saturated rings. The Balaban J connectivity index is 1.33. The molecular weight excluding hydrogens is 350 g/mol. The number of fused-ring (bicyclic) bond motifs is 2. The van der Waals surface area contributed by atoms with Crippen molar-refractivity contribution in [2.75, 3.05) is 11.9 Å². The number of nitrogens with zero attached hydrogens (tertiary/aromatic N) is 4. The molecule has 3 heterocycles. The first-order valence-electron chi connectivity index (χ1n) is 9.91. The van der Waals surface area contributed by atoms with Gasteiger partial charge in [-0.15, -0.1) is 0 Å². The summed E-state index contributed by atoms with van der Waals surface area (Å²) in [6.07, 6.45) is 7.91. The molecular formula is C22H23N5O. The maximum atomic E-state index is 12.9. The van der Waals surface area contributed by atoms with Gasteiger partial charge >= 0.3 is 6.03 Å². The van der Waals surface area contributed by atoms with Crippen molar-refractivity contribution in [1.29, 1.82) is 0 Å². The number of anilines is 1. The fraction of sp³-hybridized carbons (Fsp3) is 0.318. The number of amides is 2. The van der Waals surface area contributed by atoms with Crippen molar-refractivity contribution in [2.45, 2.75) is 38.8 Å². The molecule has 1 aliphatic heterocycles. The molecule has 1 aliphatic carbocycles. The van der Waals surface area contributed by atoms with Crippen LogP contribution in [0.25, 0.3) is 11.3 Å². The molecule has 3 aromatic rings. The van der Waals surface area contributed by atoms with E-state index in [0.717, 1.165) is 55.0 Å². The summed E-state index contributed by atoms with van der Waals surface area (Å²) in [7, 11) is 0. The second kappa shape index (κ2) is 7.11. The predicted molar refractivity (Wildman–Crippen MR) is 108 cm³/mol. The van der Waals surface area contributed by atoms with Crippen LogP contribution in [0.5, 0.6) is 0 Å². The number of nitrogens with one attached hydrogen (secondary N) is 1. The molecule has 0 radical (unpaired) electrons. The molecule has 0 unspecified atom stereocenters. The van der Waals surface area contributed by atoms with Crippen LogP contribution in [0.15, 0.2) is 48.8 Å². The van der Waals surface area contributed by atoms with Gasteiger partial charge in [0.05, 0.1) is 17.9 Å². The summed E-state index contributed by atoms with van der Waals surface area (Å²) in [4.78, 5) is 18.8. The van der Waals surface area contributed by atoms with Gasteiger partial charge in [-0.2, -0.15) is 5.10 Å². The Morgan fingerprint density at radius 1 is 0.964 bits per heavy atom. The second-order valence-corrected chi connectivity index (χ2v) is 7.52. The minimum Gasteiger partial charge on any atom is -0.319 e. The van der Waals surface area contributed by atoms with Gasteiger partial charge in [-0.3, -0.25) is 9.67 Å². The molecule has 1 N–H and O–H groups in total. The molecule has 6 nitrogen and oxygen atoms in total. The van der Waals surface area contributed by atoms with E-state index in [2.05, 4.69) is 28.5 Å². The summed E-state index contributed by atoms with van der Waals surface area (Å²) in [5, 5.41) is 7.82. The average molecular weight is 373 g/mol. The first-order valence-corrected chi connectivity index (χ1v) is 9.91. The minimum absolute atomic E-state index is 0.0435. The lowest BCUT2D eigenvalue weighted by molar-refractivity contribution is 0.210. The maximum absolute atomic E-state index is 12.9. The Labute approximate surface area is 164 Å². The lowest BCUT2D eigenvalue weighted by atomic mass is 10.1. The highest BCUT2D eigenvalue weighted by Crippen LogP contribution is 2.26. The van der Waals surface area contributed by atoms with E-state index < -0.39 is 0 Å². The molecule has 2 aromatic heterocycles. The molecule has 1 aromatic carbocycles. The largest absolute Gasteiger partial charge is 0.322 e. The number of carbonyl (C=O) groups excluding carboxylic acids is 1. The lowest BCUT2D eigenvalue weighted by Crippen LogP contribution is -2.34. The molecule has 0 saturated heterocycles. The van der Waals surface area contributed by atoms with E-state index in [1.165, 1.54) is 17.5 Å². The minimum atomic E-state index is -0.0435. The van der Waals surface area contributed by atoms with Gasteiger partial charge in [0, 0.05) is 36.7 Å². The van der Waals surface area contributed by atoms with Crippen LogP contribution in [0.2, 0.25) is 0 Å². The zero-order valence-electron chi connectivity index (χ0n) is 15.8. The summed E-state index contributed by atoms with van der Waals surface area (Å²) < 4.78 is 2.03. The second-order valence-electron chi connectivity index (χ2n) is 7.52. The Bertz CT molecular complexity index is 1010. The fourth-order valence-electron chi connectivity index (χ4n) is 4.15. The Morgan fingerprint density at radius 3 is 2.71 bits per heavy atom. The fourth-order valence-corrected chi connectivity index (χ4v) is 4.15. The Hall–Kier alpha value is -3.15. The van der Waals surface area contributed by atoms with Gasteiger partial charge in [0.25, 0.3) is 0 Å². The summed E-state index contributed by atoms with van der Waals surface area (Å²) in [5.74, 6) is 0. The van der Waals surface area contributed by atoms with E-state index in [0.29, 0.717) is 6.54 Å². The molecule has 5 rings (SSSR count). The molecule has 0 spiro atoms. The van der Waals surface area contributed by atoms with Gasteiger partial charge in [-0.05, 0) is 67.1 Å². The molecule has 142 valence electrons. The third kappa shape index (κ3) is 3.26. The number of rotatable bonds is 2. The van der Waals surface area contributed by atoms with E-state index >= 15 is 0 Å². The molecule has 2 aliphatic rings. The Morgan fingerprint density at radius 2 is 1.82 bits per heavy atom. The van der Waals surface area contributed by atoms with Crippen molar-refractivity contribution < 1.29 is 4.79 Å². The van der Waals surface area contributed by atoms with Crippen molar-refractivity contribution in [2.24, 2.45) is 0 Å². The molecule has 28 heavy (non-hydrogen) atoms. The number of urea groups is 1. The number of pyridine rings is 1. The third-order valence-corrected chi connectivity index (χ3v) is 5.63. The van der Waals surface area contributed by atoms with Gasteiger partial charge in [0.15, 0.2) is 0 Å². The summed E-state index contributed by atoms with van der Waals surface area (Å²) in [5.41, 5.74) is 6.71. The average Bonchev–Trinajstić information content (AvgIpc) is 3.30. The van der Waals surface area contributed by atoms with Gasteiger partial charge in [-0.1, -0.05) is 6.07 Å². The van der Waals surface area contributed by atoms with Crippen LogP contribution in [-0.2, 0) is 25.9 Å². The highest BCUT2D eigenvalue weighted by atomic mass is 16.2. The first-order chi connectivity index (χ1) is 13.8. The van der Waals surface area contributed by atoms with Crippen LogP contribution >= 0.6 is 0 Å². The monoisotopic (exact) mass is 373 g/mol. The van der Waals surface area contributed by atoms with Crippen LogP contribution in [0.3, 0.4) is 0 Å². The molecule has 0 bridgehead atoms. The maximum Gasteiger partial charge on any atom is 0.322 e. The topological polar surface area (TPSA) is 63.1 Å². The van der Waals surface area contributed by atoms with Gasteiger partial charge in [0.2, 0.25) is 0 Å². The normalized spacial score (nSPS) is 15.6. The van der Waals surface area contributed by atoms with Gasteiger partial charge in [-0.25, -0.2) is 4.79 Å². The number of benzene rings is 1. The summed E-state index contributed by atoms with van der Waals surface area (Å²) >= 11 is 0. The van der Waals surface area contributed by atoms with E-state index in [-0.39, 0.29) is 6.03 Å². The van der Waals surface area contributed by atoms with Crippen molar-refractivity contribution in [3.63, 3.8) is 0 Å². The standard InChI is InChI=1S/C22H23N5O/c28-22(24-19-6-5-16-3-1-4-18(16)13-19)26-11-2-12-27-20(15-26)14-21(25-27)17-7-9-23-10-8-17/h5-10,13-14H,1-4,11-12,15H2,(H,24,28). The lowest BCUT2D eigenvalue weighted by Gasteiger charge is -2.21. The van der Waals surface area contributed by atoms with Crippen molar-refractivity contribution in [1.82, 2.24) is 19.7 Å². The smallest absolute Gasteiger partial charge is 0.319 e. The number of aromatic nitrogens is 3. The van der Waals surface area contributed by atoms with Crippen LogP contribution in [-0.4, -0.2) is 32.2 Å². The van der Waals surface area contributed by atoms with Crippen molar-refractivity contribution in [3.05, 3.63) is 65.6 Å². The van der Waals surface area contributed by atoms with Crippen LogP contribution in [0.1, 0.15) is 29.7 Å². The van der Waals surface area contributed by atoms with Crippen LogP contribution in [0, 0.1) is 0 Å². The highest BCUT2D eigenvalue weighted by Gasteiger charge is 2.21. The van der Waals surface area contributed by atoms with Gasteiger partial charge in [0.1, 0.15) is 0 Å². The van der Waals surface area contributed by atoms with E-state index in [9.17, 15) is 4.79 Å². The van der Waals surface area contributed by atoms with Gasteiger partial charge < -0.3 is 10.2 Å². The number of aryl methyl sites for hydroxylation is 3. The van der Waals surface area contributed by atoms with E-state index in [1.54, 1.807) is 12.4 Å². The third-order valence-electron chi connectivity index (χ3n) is 5.63. The van der Waals surface area contributed by atoms with E-state index in [4.69, 9.17) is 5.10 Å². The zero-order valence-corrected chi connectivity index (χ0v) is 15.8. The van der Waals surface area contributed by atoms with Crippen molar-refractivity contribution >= 4 is 11.7 Å². The quantitative estimate of drug-likeness (QED) is 0.742. The SMILES string of the molecule is O=C(Nc1ccc2c(c1)CCC2)N1CCCn2nc(-c3ccncc3)cc2C1. The highest BCUT2D eigenvalue weighted by molar-refractivity contribution is 5.89. The van der Waals surface area contributed by atoms with Crippen molar-refractivity contribution in [3.8, 4) is 11.3 Å². The molecule has 2 amide bonds.